The fourth-order valence-electron chi connectivity index (χ4n) is 1.76. The first-order valence-corrected chi connectivity index (χ1v) is 6.57. The van der Waals surface area contributed by atoms with Crippen LogP contribution in [0.2, 0.25) is 0 Å². The van der Waals surface area contributed by atoms with E-state index in [1.807, 2.05) is 36.4 Å². The van der Waals surface area contributed by atoms with Gasteiger partial charge in [0.2, 0.25) is 5.30 Å². The molecule has 3 heteroatoms. The molecule has 2 rings (SSSR count). The van der Waals surface area contributed by atoms with Crippen LogP contribution in [0, 0.1) is 6.92 Å². The van der Waals surface area contributed by atoms with Gasteiger partial charge in [-0.15, -0.1) is 4.52 Å². The minimum atomic E-state index is -1.71. The highest BCUT2D eigenvalue weighted by Crippen LogP contribution is 2.25. The second-order valence-corrected chi connectivity index (χ2v) is 5.20. The molecule has 0 radical (unpaired) electrons. The molecule has 1 atom stereocenters. The molecule has 0 aliphatic carbocycles. The molecule has 2 aromatic carbocycles. The second kappa shape index (κ2) is 5.22. The van der Waals surface area contributed by atoms with Gasteiger partial charge >= 0.3 is 8.03 Å². The Balaban J connectivity index is 2.36. The summed E-state index contributed by atoms with van der Waals surface area (Å²) >= 11 is 0. The number of aryl methyl sites for hydroxylation is 1. The van der Waals surface area contributed by atoms with Crippen LogP contribution in [-0.2, 0) is 9.09 Å². The van der Waals surface area contributed by atoms with Crippen molar-refractivity contribution in [3.05, 3.63) is 54.1 Å². The lowest BCUT2D eigenvalue weighted by Gasteiger charge is -2.04. The summed E-state index contributed by atoms with van der Waals surface area (Å²) in [5, 5.41) is 0.722. The van der Waals surface area contributed by atoms with Crippen LogP contribution in [-0.4, -0.2) is 7.11 Å². The fraction of sp³-hybridized carbons (Fsp3) is 0.143. The molecule has 0 fully saturated rings. The lowest BCUT2D eigenvalue weighted by Crippen LogP contribution is -1.96. The zero-order valence-electron chi connectivity index (χ0n) is 9.88. The Hall–Kier alpha value is -1.50. The fourth-order valence-corrected chi connectivity index (χ4v) is 2.37. The van der Waals surface area contributed by atoms with E-state index in [1.165, 1.54) is 18.2 Å². The zero-order chi connectivity index (χ0) is 12.3. The Bertz CT molecular complexity index is 532. The first-order valence-electron chi connectivity index (χ1n) is 5.40. The average molecular weight is 245 g/mol. The van der Waals surface area contributed by atoms with Gasteiger partial charge in [-0.2, -0.15) is 0 Å². The van der Waals surface area contributed by atoms with Crippen molar-refractivity contribution in [3.8, 4) is 11.1 Å². The van der Waals surface area contributed by atoms with Gasteiger partial charge in [0.05, 0.1) is 7.11 Å². The summed E-state index contributed by atoms with van der Waals surface area (Å²) in [6, 6.07) is 15.9. The molecule has 0 saturated heterocycles. The van der Waals surface area contributed by atoms with Crippen LogP contribution < -0.4 is 5.30 Å². The molecular formula is C14H14O2P+. The number of rotatable bonds is 3. The van der Waals surface area contributed by atoms with E-state index in [0.29, 0.717) is 0 Å². The highest BCUT2D eigenvalue weighted by atomic mass is 31.1. The lowest BCUT2D eigenvalue weighted by atomic mass is 10.0. The third-order valence-electron chi connectivity index (χ3n) is 2.70. The average Bonchev–Trinajstić information content (AvgIpc) is 2.39. The molecular weight excluding hydrogens is 231 g/mol. The molecule has 0 aliphatic rings. The minimum absolute atomic E-state index is 0.722. The van der Waals surface area contributed by atoms with Gasteiger partial charge in [-0.1, -0.05) is 24.3 Å². The standard InChI is InChI=1S/C14H14O2P/c1-11-5-3-4-6-14(11)12-7-9-13(10-8-12)17(15)16-2/h3-10H,1-2H3/q+1. The molecule has 0 saturated carbocycles. The lowest BCUT2D eigenvalue weighted by molar-refractivity contribution is 0.423. The van der Waals surface area contributed by atoms with Gasteiger partial charge in [-0.05, 0) is 52.4 Å². The van der Waals surface area contributed by atoms with Crippen LogP contribution in [0.25, 0.3) is 11.1 Å². The molecule has 1 unspecified atom stereocenters. The van der Waals surface area contributed by atoms with Crippen molar-refractivity contribution in [2.24, 2.45) is 0 Å². The largest absolute Gasteiger partial charge is 0.548 e. The maximum Gasteiger partial charge on any atom is 0.548 e. The van der Waals surface area contributed by atoms with Crippen molar-refractivity contribution in [2.75, 3.05) is 7.11 Å². The summed E-state index contributed by atoms with van der Waals surface area (Å²) in [4.78, 5) is 0. The monoisotopic (exact) mass is 245 g/mol. The Morgan fingerprint density at radius 2 is 1.65 bits per heavy atom. The van der Waals surface area contributed by atoms with E-state index in [9.17, 15) is 4.57 Å². The number of benzene rings is 2. The Morgan fingerprint density at radius 1 is 1.00 bits per heavy atom. The van der Waals surface area contributed by atoms with E-state index < -0.39 is 8.03 Å². The quantitative estimate of drug-likeness (QED) is 0.771. The van der Waals surface area contributed by atoms with E-state index in [2.05, 4.69) is 19.1 Å². The number of hydrogen-bond donors (Lipinski definition) is 0. The van der Waals surface area contributed by atoms with Crippen LogP contribution in [0.3, 0.4) is 0 Å². The Morgan fingerprint density at radius 3 is 2.24 bits per heavy atom. The molecule has 2 nitrogen and oxygen atoms in total. The van der Waals surface area contributed by atoms with Gasteiger partial charge in [-0.25, -0.2) is 0 Å². The summed E-state index contributed by atoms with van der Waals surface area (Å²) in [5.41, 5.74) is 3.56. The molecule has 0 bridgehead atoms. The van der Waals surface area contributed by atoms with Gasteiger partial charge in [0.25, 0.3) is 0 Å². The first-order chi connectivity index (χ1) is 8.22. The van der Waals surface area contributed by atoms with Crippen molar-refractivity contribution in [3.63, 3.8) is 0 Å². The Labute approximate surface area is 102 Å². The summed E-state index contributed by atoms with van der Waals surface area (Å²) in [6.07, 6.45) is 0. The van der Waals surface area contributed by atoms with Crippen LogP contribution in [0.5, 0.6) is 0 Å². The molecule has 0 N–H and O–H groups in total. The summed E-state index contributed by atoms with van der Waals surface area (Å²) < 4.78 is 16.3. The molecule has 0 heterocycles. The van der Waals surface area contributed by atoms with Crippen molar-refractivity contribution >= 4 is 13.3 Å². The minimum Gasteiger partial charge on any atom is -0.145 e. The summed E-state index contributed by atoms with van der Waals surface area (Å²) in [7, 11) is -0.260. The van der Waals surface area contributed by atoms with Crippen molar-refractivity contribution in [1.29, 1.82) is 0 Å². The predicted molar refractivity (Wildman–Crippen MR) is 70.9 cm³/mol. The van der Waals surface area contributed by atoms with Gasteiger partial charge < -0.3 is 0 Å². The summed E-state index contributed by atoms with van der Waals surface area (Å²) in [6.45, 7) is 2.08. The van der Waals surface area contributed by atoms with E-state index in [4.69, 9.17) is 4.52 Å². The normalized spacial score (nSPS) is 11.3. The van der Waals surface area contributed by atoms with E-state index in [-0.39, 0.29) is 0 Å². The molecule has 2 aromatic rings. The van der Waals surface area contributed by atoms with Crippen LogP contribution in [0.1, 0.15) is 5.56 Å². The van der Waals surface area contributed by atoms with Crippen molar-refractivity contribution in [1.82, 2.24) is 0 Å². The smallest absolute Gasteiger partial charge is 0.145 e. The summed E-state index contributed by atoms with van der Waals surface area (Å²) in [5.74, 6) is 0. The molecule has 86 valence electrons. The van der Waals surface area contributed by atoms with Gasteiger partial charge in [0.15, 0.2) is 0 Å². The maximum atomic E-state index is 11.5. The molecule has 0 spiro atoms. The topological polar surface area (TPSA) is 26.3 Å². The Kier molecular flexibility index (Phi) is 3.68. The van der Waals surface area contributed by atoms with Crippen LogP contribution >= 0.6 is 8.03 Å². The molecule has 0 amide bonds. The van der Waals surface area contributed by atoms with Crippen LogP contribution in [0.15, 0.2) is 48.5 Å². The molecule has 17 heavy (non-hydrogen) atoms. The highest BCUT2D eigenvalue weighted by Gasteiger charge is 2.19. The van der Waals surface area contributed by atoms with Gasteiger partial charge in [-0.3, -0.25) is 0 Å². The second-order valence-electron chi connectivity index (χ2n) is 3.80. The SMILES string of the molecule is CO[P+](=O)c1ccc(-c2ccccc2C)cc1. The van der Waals surface area contributed by atoms with E-state index in [0.717, 1.165) is 10.9 Å². The maximum absolute atomic E-state index is 11.5. The van der Waals surface area contributed by atoms with Crippen molar-refractivity contribution < 1.29 is 9.09 Å². The van der Waals surface area contributed by atoms with E-state index >= 15 is 0 Å². The van der Waals surface area contributed by atoms with Gasteiger partial charge in [0.1, 0.15) is 0 Å². The predicted octanol–water partition coefficient (Wildman–Crippen LogP) is 3.68. The van der Waals surface area contributed by atoms with Crippen LogP contribution in [0.4, 0.5) is 0 Å². The number of hydrogen-bond acceptors (Lipinski definition) is 2. The zero-order valence-corrected chi connectivity index (χ0v) is 10.8. The molecule has 0 aliphatic heterocycles. The third-order valence-corrected chi connectivity index (χ3v) is 3.75. The van der Waals surface area contributed by atoms with Crippen molar-refractivity contribution in [2.45, 2.75) is 6.92 Å². The third kappa shape index (κ3) is 2.60. The van der Waals surface area contributed by atoms with Gasteiger partial charge in [0, 0.05) is 0 Å². The van der Waals surface area contributed by atoms with E-state index in [1.54, 1.807) is 0 Å². The first kappa shape index (κ1) is 12.0. The highest BCUT2D eigenvalue weighted by molar-refractivity contribution is 7.48. The molecule has 0 aromatic heterocycles.